The van der Waals surface area contributed by atoms with Crippen molar-refractivity contribution < 1.29 is 9.90 Å². The van der Waals surface area contributed by atoms with E-state index in [1.807, 2.05) is 0 Å². The minimum atomic E-state index is -0.649. The molecule has 6 rings (SSSR count). The van der Waals surface area contributed by atoms with Gasteiger partial charge < -0.3 is 14.9 Å². The van der Waals surface area contributed by atoms with E-state index in [9.17, 15) is 4.79 Å². The maximum absolute atomic E-state index is 11.1. The van der Waals surface area contributed by atoms with Crippen molar-refractivity contribution in [2.75, 3.05) is 29.4 Å². The van der Waals surface area contributed by atoms with E-state index in [2.05, 4.69) is 23.6 Å². The van der Waals surface area contributed by atoms with Gasteiger partial charge in [0, 0.05) is 37.7 Å². The number of anilines is 2. The molecule has 6 heteroatoms. The zero-order valence-electron chi connectivity index (χ0n) is 15.7. The van der Waals surface area contributed by atoms with Crippen molar-refractivity contribution in [3.05, 3.63) is 11.3 Å². The monoisotopic (exact) mass is 356 g/mol. The lowest BCUT2D eigenvalue weighted by molar-refractivity contribution is -0.141. The Labute approximate surface area is 154 Å². The summed E-state index contributed by atoms with van der Waals surface area (Å²) in [6.07, 6.45) is 4.98. The van der Waals surface area contributed by atoms with Crippen LogP contribution in [0.1, 0.15) is 56.7 Å². The molecule has 4 atom stereocenters. The Morgan fingerprint density at radius 1 is 1.19 bits per heavy atom. The highest BCUT2D eigenvalue weighted by Gasteiger charge is 2.48. The van der Waals surface area contributed by atoms with Crippen molar-refractivity contribution in [3.63, 3.8) is 0 Å². The molecule has 0 aromatic carbocycles. The third kappa shape index (κ3) is 2.41. The third-order valence-corrected chi connectivity index (χ3v) is 7.31. The van der Waals surface area contributed by atoms with Gasteiger partial charge >= 0.3 is 5.97 Å². The van der Waals surface area contributed by atoms with Crippen LogP contribution in [-0.4, -0.2) is 46.7 Å². The van der Waals surface area contributed by atoms with Crippen molar-refractivity contribution in [1.82, 2.24) is 9.97 Å². The van der Waals surface area contributed by atoms with Gasteiger partial charge in [-0.3, -0.25) is 4.79 Å². The number of aromatic nitrogens is 2. The second-order valence-electron chi connectivity index (χ2n) is 8.90. The van der Waals surface area contributed by atoms with E-state index in [1.165, 1.54) is 30.5 Å². The fraction of sp³-hybridized carbons (Fsp3) is 0.750. The van der Waals surface area contributed by atoms with Crippen LogP contribution in [0.5, 0.6) is 0 Å². The highest BCUT2D eigenvalue weighted by Crippen LogP contribution is 2.49. The predicted octanol–water partition coefficient (Wildman–Crippen LogP) is 2.67. The van der Waals surface area contributed by atoms with E-state index in [-0.39, 0.29) is 0 Å². The zero-order chi connectivity index (χ0) is 18.0. The molecule has 26 heavy (non-hydrogen) atoms. The lowest BCUT2D eigenvalue weighted by atomic mass is 9.60. The third-order valence-electron chi connectivity index (χ3n) is 7.31. The number of carboxylic acid groups (broad SMARTS) is 1. The van der Waals surface area contributed by atoms with Gasteiger partial charge in [-0.05, 0) is 56.3 Å². The highest BCUT2D eigenvalue weighted by atomic mass is 16.4. The number of carboxylic acids is 1. The largest absolute Gasteiger partial charge is 0.481 e. The van der Waals surface area contributed by atoms with Crippen LogP contribution in [0.4, 0.5) is 11.8 Å². The first-order chi connectivity index (χ1) is 12.5. The summed E-state index contributed by atoms with van der Waals surface area (Å²) in [6, 6.07) is 0.535. The molecule has 6 nitrogen and oxygen atoms in total. The van der Waals surface area contributed by atoms with Crippen LogP contribution in [0.15, 0.2) is 0 Å². The van der Waals surface area contributed by atoms with Gasteiger partial charge in [-0.2, -0.15) is 4.98 Å². The Morgan fingerprint density at radius 2 is 1.96 bits per heavy atom. The van der Waals surface area contributed by atoms with Gasteiger partial charge in [0.1, 0.15) is 5.82 Å². The van der Waals surface area contributed by atoms with E-state index >= 15 is 0 Å². The Kier molecular flexibility index (Phi) is 3.66. The number of hydrogen-bond acceptors (Lipinski definition) is 5. The fourth-order valence-electron chi connectivity index (χ4n) is 5.52. The molecule has 1 N–H and O–H groups in total. The van der Waals surface area contributed by atoms with Gasteiger partial charge in [0.15, 0.2) is 0 Å². The molecule has 5 aliphatic rings. The first kappa shape index (κ1) is 16.3. The average molecular weight is 356 g/mol. The van der Waals surface area contributed by atoms with E-state index in [0.717, 1.165) is 37.8 Å². The van der Waals surface area contributed by atoms with Crippen molar-refractivity contribution in [2.45, 2.75) is 57.9 Å². The van der Waals surface area contributed by atoms with E-state index < -0.39 is 5.97 Å². The number of piperidine rings is 2. The van der Waals surface area contributed by atoms with Crippen molar-refractivity contribution in [1.29, 1.82) is 0 Å². The fourth-order valence-corrected chi connectivity index (χ4v) is 5.52. The van der Waals surface area contributed by atoms with Gasteiger partial charge in [0.25, 0.3) is 0 Å². The number of rotatable bonds is 4. The normalized spacial score (nSPS) is 34.9. The Morgan fingerprint density at radius 3 is 2.58 bits per heavy atom. The van der Waals surface area contributed by atoms with Crippen LogP contribution in [0.2, 0.25) is 0 Å². The van der Waals surface area contributed by atoms with Crippen LogP contribution >= 0.6 is 0 Å². The molecule has 1 aromatic heterocycles. The minimum absolute atomic E-state index is 0.332. The number of aliphatic carboxylic acids is 1. The first-order valence-electron chi connectivity index (χ1n) is 10.2. The summed E-state index contributed by atoms with van der Waals surface area (Å²) in [5.41, 5.74) is 2.61. The Balaban J connectivity index is 1.44. The number of nitrogens with zero attached hydrogens (tertiary/aromatic N) is 4. The van der Waals surface area contributed by atoms with Gasteiger partial charge in [-0.1, -0.05) is 6.92 Å². The highest BCUT2D eigenvalue weighted by molar-refractivity contribution is 5.67. The van der Waals surface area contributed by atoms with Gasteiger partial charge in [0.2, 0.25) is 5.95 Å². The predicted molar refractivity (Wildman–Crippen MR) is 99.7 cm³/mol. The van der Waals surface area contributed by atoms with E-state index in [1.54, 1.807) is 0 Å². The molecule has 4 fully saturated rings. The van der Waals surface area contributed by atoms with Crippen molar-refractivity contribution >= 4 is 17.7 Å². The number of hydrogen-bond donors (Lipinski definition) is 1. The average Bonchev–Trinajstić information content (AvgIpc) is 2.99. The standard InChI is InChI=1S/C20H28N4O2/c1-11-3-4-15-18(11)21-20(24-6-5-12(24)2)22-19(15)23-9-13-7-14(10-23)16(13)8-17(25)26/h11-14,16H,3-10H2,1-2H3,(H,25,26). The van der Waals surface area contributed by atoms with Crippen LogP contribution in [0.3, 0.4) is 0 Å². The molecule has 3 aliphatic heterocycles. The summed E-state index contributed by atoms with van der Waals surface area (Å²) in [7, 11) is 0. The molecule has 2 bridgehead atoms. The van der Waals surface area contributed by atoms with Crippen LogP contribution < -0.4 is 9.80 Å². The molecule has 3 saturated heterocycles. The molecule has 4 unspecified atom stereocenters. The lowest BCUT2D eigenvalue weighted by Gasteiger charge is -2.54. The molecule has 0 amide bonds. The molecular formula is C20H28N4O2. The molecule has 0 radical (unpaired) electrons. The number of fused-ring (bicyclic) bond motifs is 3. The first-order valence-corrected chi connectivity index (χ1v) is 10.2. The maximum Gasteiger partial charge on any atom is 0.303 e. The van der Waals surface area contributed by atoms with Crippen LogP contribution in [0.25, 0.3) is 0 Å². The molecule has 2 aliphatic carbocycles. The summed E-state index contributed by atoms with van der Waals surface area (Å²) in [5, 5.41) is 9.16. The molecule has 140 valence electrons. The number of carbonyl (C=O) groups is 1. The maximum atomic E-state index is 11.1. The molecular weight excluding hydrogens is 328 g/mol. The smallest absolute Gasteiger partial charge is 0.303 e. The second kappa shape index (κ2) is 5.83. The topological polar surface area (TPSA) is 69.6 Å². The molecule has 4 heterocycles. The second-order valence-corrected chi connectivity index (χ2v) is 8.90. The summed E-state index contributed by atoms with van der Waals surface area (Å²) in [4.78, 5) is 25.9. The van der Waals surface area contributed by atoms with Gasteiger partial charge in [-0.25, -0.2) is 4.98 Å². The Hall–Kier alpha value is -1.85. The SMILES string of the molecule is CC1CCc2c1nc(N1CCC1C)nc2N1CC2CC(C1)C2CC(=O)O. The molecule has 1 aromatic rings. The van der Waals surface area contributed by atoms with Gasteiger partial charge in [-0.15, -0.1) is 0 Å². The summed E-state index contributed by atoms with van der Waals surface area (Å²) >= 11 is 0. The van der Waals surface area contributed by atoms with Crippen LogP contribution in [0, 0.1) is 17.8 Å². The summed E-state index contributed by atoms with van der Waals surface area (Å²) in [5.74, 6) is 3.32. The lowest BCUT2D eigenvalue weighted by Crippen LogP contribution is -2.56. The molecule has 1 saturated carbocycles. The minimum Gasteiger partial charge on any atom is -0.481 e. The van der Waals surface area contributed by atoms with Crippen molar-refractivity contribution in [3.8, 4) is 0 Å². The quantitative estimate of drug-likeness (QED) is 0.894. The van der Waals surface area contributed by atoms with E-state index in [4.69, 9.17) is 15.1 Å². The van der Waals surface area contributed by atoms with Crippen molar-refractivity contribution in [2.24, 2.45) is 17.8 Å². The Bertz CT molecular complexity index is 740. The van der Waals surface area contributed by atoms with Crippen LogP contribution in [-0.2, 0) is 11.2 Å². The summed E-state index contributed by atoms with van der Waals surface area (Å²) < 4.78 is 0. The molecule has 0 spiro atoms. The van der Waals surface area contributed by atoms with Gasteiger partial charge in [0.05, 0.1) is 5.69 Å². The summed E-state index contributed by atoms with van der Waals surface area (Å²) in [6.45, 7) is 7.50. The zero-order valence-corrected chi connectivity index (χ0v) is 15.7. The van der Waals surface area contributed by atoms with E-state index in [0.29, 0.717) is 36.1 Å².